The van der Waals surface area contributed by atoms with Crippen LogP contribution >= 0.6 is 0 Å². The molecule has 0 fully saturated rings. The first-order valence-corrected chi connectivity index (χ1v) is 11.4. The van der Waals surface area contributed by atoms with Crippen molar-refractivity contribution >= 4 is 33.3 Å². The molecule has 176 valence electrons. The maximum atomic E-state index is 13.4. The molecule has 1 amide bonds. The number of likely N-dealkylation sites (N-methyl/N-ethyl adjacent to an activating group) is 1. The van der Waals surface area contributed by atoms with E-state index < -0.39 is 0 Å². The van der Waals surface area contributed by atoms with Gasteiger partial charge >= 0.3 is 0 Å². The van der Waals surface area contributed by atoms with Crippen LogP contribution in [0.4, 0.5) is 5.69 Å². The minimum atomic E-state index is -0.219. The van der Waals surface area contributed by atoms with E-state index in [-0.39, 0.29) is 11.5 Å². The number of rotatable bonds is 6. The number of carbonyl (C=O) groups excluding carboxylic acids is 1. The van der Waals surface area contributed by atoms with E-state index in [2.05, 4.69) is 25.5 Å². The molecule has 5 aromatic rings. The number of aromatic amines is 1. The van der Waals surface area contributed by atoms with Crippen LogP contribution in [0.15, 0.2) is 71.5 Å². The van der Waals surface area contributed by atoms with Crippen LogP contribution in [0.25, 0.3) is 32.9 Å². The third-order valence-electron chi connectivity index (χ3n) is 6.06. The van der Waals surface area contributed by atoms with Crippen LogP contribution in [-0.4, -0.2) is 51.4 Å². The van der Waals surface area contributed by atoms with Gasteiger partial charge in [0.25, 0.3) is 11.5 Å². The molecule has 3 aromatic carbocycles. The number of aryl methyl sites for hydroxylation is 1. The van der Waals surface area contributed by atoms with E-state index in [0.29, 0.717) is 29.0 Å². The topological polar surface area (TPSA) is 95.9 Å². The Kier molecular flexibility index (Phi) is 5.88. The molecule has 0 aliphatic rings. The first-order valence-electron chi connectivity index (χ1n) is 11.4. The highest BCUT2D eigenvalue weighted by Gasteiger charge is 2.19. The molecular formula is C27H26N6O2. The lowest BCUT2D eigenvalue weighted by molar-refractivity contribution is 0.101. The number of hydrogen-bond donors (Lipinski definition) is 2. The van der Waals surface area contributed by atoms with E-state index in [1.165, 1.54) is 0 Å². The number of H-pyrrole nitrogens is 1. The Morgan fingerprint density at radius 3 is 2.46 bits per heavy atom. The van der Waals surface area contributed by atoms with Crippen LogP contribution in [0.1, 0.15) is 16.1 Å². The Morgan fingerprint density at radius 1 is 1.00 bits per heavy atom. The average Bonchev–Trinajstić information content (AvgIpc) is 3.22. The fraction of sp³-hybridized carbons (Fsp3) is 0.185. The second-order valence-corrected chi connectivity index (χ2v) is 8.82. The predicted molar refractivity (Wildman–Crippen MR) is 139 cm³/mol. The first kappa shape index (κ1) is 22.5. The summed E-state index contributed by atoms with van der Waals surface area (Å²) in [6, 6.07) is 20.8. The first-order chi connectivity index (χ1) is 16.9. The van der Waals surface area contributed by atoms with Crippen LogP contribution in [0.2, 0.25) is 0 Å². The van der Waals surface area contributed by atoms with Crippen molar-refractivity contribution in [1.29, 1.82) is 0 Å². The van der Waals surface area contributed by atoms with Gasteiger partial charge in [-0.15, -0.1) is 0 Å². The summed E-state index contributed by atoms with van der Waals surface area (Å²) in [4.78, 5) is 27.6. The zero-order chi connectivity index (χ0) is 24.5. The average molecular weight is 467 g/mol. The lowest BCUT2D eigenvalue weighted by Crippen LogP contribution is -2.23. The van der Waals surface area contributed by atoms with Gasteiger partial charge in [-0.3, -0.25) is 14.3 Å². The van der Waals surface area contributed by atoms with Crippen LogP contribution in [0.5, 0.6) is 0 Å². The normalized spacial score (nSPS) is 11.4. The third kappa shape index (κ3) is 4.31. The molecular weight excluding hydrogens is 440 g/mol. The molecule has 0 unspecified atom stereocenters. The maximum Gasteiger partial charge on any atom is 0.274 e. The summed E-state index contributed by atoms with van der Waals surface area (Å²) in [7, 11) is 3.99. The van der Waals surface area contributed by atoms with Crippen molar-refractivity contribution < 1.29 is 4.79 Å². The van der Waals surface area contributed by atoms with Crippen LogP contribution in [-0.2, 0) is 6.54 Å². The van der Waals surface area contributed by atoms with Crippen molar-refractivity contribution in [2.45, 2.75) is 13.5 Å². The molecule has 5 rings (SSSR count). The summed E-state index contributed by atoms with van der Waals surface area (Å²) in [6.07, 6.45) is 0. The van der Waals surface area contributed by atoms with Crippen LogP contribution < -0.4 is 10.9 Å². The van der Waals surface area contributed by atoms with E-state index in [0.717, 1.165) is 34.0 Å². The van der Waals surface area contributed by atoms with Gasteiger partial charge in [0.2, 0.25) is 0 Å². The van der Waals surface area contributed by atoms with Gasteiger partial charge in [-0.05, 0) is 50.8 Å². The summed E-state index contributed by atoms with van der Waals surface area (Å²) < 4.78 is 1.78. The summed E-state index contributed by atoms with van der Waals surface area (Å²) >= 11 is 0. The Morgan fingerprint density at radius 2 is 1.71 bits per heavy atom. The number of amides is 1. The van der Waals surface area contributed by atoms with Crippen molar-refractivity contribution in [2.75, 3.05) is 26.0 Å². The summed E-state index contributed by atoms with van der Waals surface area (Å²) in [5.41, 5.74) is 4.30. The standard InChI is InChI=1S/C27H26N6O2/c1-17-16-18(12-13-19(17)24-20-8-4-5-9-21(20)26(34)30-29-24)28-27(35)25-22-10-6-7-11-23(22)31-33(25)15-14-32(2)3/h4-13,16H,14-15H2,1-3H3,(H,28,35)(H,30,34). The van der Waals surface area contributed by atoms with Gasteiger partial charge in [0, 0.05) is 28.6 Å². The molecule has 8 heteroatoms. The second kappa shape index (κ2) is 9.15. The molecule has 2 heterocycles. The number of carbonyl (C=O) groups is 1. The van der Waals surface area contributed by atoms with Crippen molar-refractivity contribution in [1.82, 2.24) is 24.9 Å². The molecule has 0 atom stereocenters. The summed E-state index contributed by atoms with van der Waals surface area (Å²) in [5, 5.41) is 16.8. The number of anilines is 1. The van der Waals surface area contributed by atoms with Gasteiger partial charge in [-0.25, -0.2) is 5.10 Å². The molecule has 2 N–H and O–H groups in total. The fourth-order valence-corrected chi connectivity index (χ4v) is 4.29. The summed E-state index contributed by atoms with van der Waals surface area (Å²) in [6.45, 7) is 3.33. The highest BCUT2D eigenvalue weighted by molar-refractivity contribution is 6.11. The van der Waals surface area contributed by atoms with Crippen molar-refractivity contribution in [3.8, 4) is 11.3 Å². The minimum absolute atomic E-state index is 0.211. The zero-order valence-corrected chi connectivity index (χ0v) is 19.9. The lowest BCUT2D eigenvalue weighted by atomic mass is 10.0. The van der Waals surface area contributed by atoms with Crippen LogP contribution in [0, 0.1) is 6.92 Å². The predicted octanol–water partition coefficient (Wildman–Crippen LogP) is 4.06. The quantitative estimate of drug-likeness (QED) is 0.393. The lowest BCUT2D eigenvalue weighted by Gasteiger charge is -2.13. The van der Waals surface area contributed by atoms with Crippen molar-refractivity contribution in [2.24, 2.45) is 0 Å². The molecule has 8 nitrogen and oxygen atoms in total. The Labute approximate surface area is 202 Å². The number of nitrogens with zero attached hydrogens (tertiary/aromatic N) is 4. The number of benzene rings is 3. The number of aromatic nitrogens is 4. The molecule has 0 saturated carbocycles. The van der Waals surface area contributed by atoms with E-state index in [1.54, 1.807) is 10.7 Å². The SMILES string of the molecule is Cc1cc(NC(=O)c2c3ccccc3nn2CCN(C)C)ccc1-c1n[nH]c(=O)c2ccccc12. The van der Waals surface area contributed by atoms with Gasteiger partial charge in [0.05, 0.1) is 23.1 Å². The monoisotopic (exact) mass is 466 g/mol. The summed E-state index contributed by atoms with van der Waals surface area (Å²) in [5.74, 6) is -0.211. The molecule has 0 saturated heterocycles. The van der Waals surface area contributed by atoms with E-state index in [4.69, 9.17) is 0 Å². The van der Waals surface area contributed by atoms with E-state index in [9.17, 15) is 9.59 Å². The van der Waals surface area contributed by atoms with Crippen molar-refractivity contribution in [3.63, 3.8) is 0 Å². The smallest absolute Gasteiger partial charge is 0.274 e. The zero-order valence-electron chi connectivity index (χ0n) is 19.9. The molecule has 0 aliphatic heterocycles. The minimum Gasteiger partial charge on any atom is -0.321 e. The molecule has 0 spiro atoms. The highest BCUT2D eigenvalue weighted by atomic mass is 16.2. The number of fused-ring (bicyclic) bond motifs is 2. The maximum absolute atomic E-state index is 13.4. The highest BCUT2D eigenvalue weighted by Crippen LogP contribution is 2.29. The second-order valence-electron chi connectivity index (χ2n) is 8.82. The van der Waals surface area contributed by atoms with Gasteiger partial charge < -0.3 is 10.2 Å². The fourth-order valence-electron chi connectivity index (χ4n) is 4.29. The largest absolute Gasteiger partial charge is 0.321 e. The molecule has 0 radical (unpaired) electrons. The van der Waals surface area contributed by atoms with Gasteiger partial charge in [0.15, 0.2) is 0 Å². The Balaban J connectivity index is 1.48. The van der Waals surface area contributed by atoms with Crippen molar-refractivity contribution in [3.05, 3.63) is 88.3 Å². The molecule has 0 aliphatic carbocycles. The molecule has 0 bridgehead atoms. The van der Waals surface area contributed by atoms with Crippen LogP contribution in [0.3, 0.4) is 0 Å². The van der Waals surface area contributed by atoms with E-state index >= 15 is 0 Å². The van der Waals surface area contributed by atoms with E-state index in [1.807, 2.05) is 81.7 Å². The number of nitrogens with one attached hydrogen (secondary N) is 2. The Bertz CT molecular complexity index is 1620. The van der Waals surface area contributed by atoms with Gasteiger partial charge in [-0.1, -0.05) is 42.5 Å². The molecule has 2 aromatic heterocycles. The third-order valence-corrected chi connectivity index (χ3v) is 6.06. The van der Waals surface area contributed by atoms with Gasteiger partial charge in [0.1, 0.15) is 5.69 Å². The Hall–Kier alpha value is -4.30. The molecule has 35 heavy (non-hydrogen) atoms. The number of hydrogen-bond acceptors (Lipinski definition) is 5. The van der Waals surface area contributed by atoms with Gasteiger partial charge in [-0.2, -0.15) is 10.2 Å².